The van der Waals surface area contributed by atoms with Crippen LogP contribution >= 0.6 is 24.0 Å². The molecule has 0 unspecified atom stereocenters. The van der Waals surface area contributed by atoms with Gasteiger partial charge in [-0.15, -0.1) is 0 Å². The van der Waals surface area contributed by atoms with Gasteiger partial charge in [-0.25, -0.2) is 0 Å². The minimum Gasteiger partial charge on any atom is -0.357 e. The molecule has 0 saturated carbocycles. The van der Waals surface area contributed by atoms with Crippen molar-refractivity contribution in [1.82, 2.24) is 9.47 Å². The van der Waals surface area contributed by atoms with Crippen LogP contribution in [0.2, 0.25) is 0 Å². The lowest BCUT2D eigenvalue weighted by atomic mass is 10.0. The molecule has 0 spiro atoms. The van der Waals surface area contributed by atoms with Gasteiger partial charge in [0.2, 0.25) is 0 Å². The predicted molar refractivity (Wildman–Crippen MR) is 122 cm³/mol. The number of aromatic nitrogens is 1. The van der Waals surface area contributed by atoms with Gasteiger partial charge in [0.15, 0.2) is 0 Å². The smallest absolute Gasteiger partial charge is 0.270 e. The first-order valence-corrected chi connectivity index (χ1v) is 11.3. The summed E-state index contributed by atoms with van der Waals surface area (Å²) in [6.45, 7) is 8.51. The van der Waals surface area contributed by atoms with Crippen LogP contribution in [0.1, 0.15) is 56.2 Å². The molecular formula is C21H26N4O2S2. The van der Waals surface area contributed by atoms with Crippen molar-refractivity contribution in [2.24, 2.45) is 0 Å². The molecule has 3 heterocycles. The van der Waals surface area contributed by atoms with Gasteiger partial charge in [-0.05, 0) is 51.2 Å². The highest BCUT2D eigenvalue weighted by molar-refractivity contribution is 8.26. The van der Waals surface area contributed by atoms with Crippen LogP contribution in [0, 0.1) is 18.3 Å². The molecule has 1 amide bonds. The quantitative estimate of drug-likeness (QED) is 0.525. The minimum atomic E-state index is -0.260. The Morgan fingerprint density at radius 3 is 2.48 bits per heavy atom. The molecule has 0 atom stereocenters. The highest BCUT2D eigenvalue weighted by Crippen LogP contribution is 2.36. The van der Waals surface area contributed by atoms with Gasteiger partial charge in [-0.2, -0.15) is 5.26 Å². The molecule has 0 aromatic carbocycles. The molecule has 6 nitrogen and oxygen atoms in total. The lowest BCUT2D eigenvalue weighted by Crippen LogP contribution is -2.37. The molecular weight excluding hydrogens is 404 g/mol. The number of anilines is 1. The van der Waals surface area contributed by atoms with Crippen LogP contribution in [0.4, 0.5) is 5.82 Å². The molecule has 154 valence electrons. The number of carbonyl (C=O) groups is 1. The minimum absolute atomic E-state index is 0.0985. The van der Waals surface area contributed by atoms with E-state index in [4.69, 9.17) is 12.2 Å². The van der Waals surface area contributed by atoms with Crippen molar-refractivity contribution in [3.05, 3.63) is 31.9 Å². The van der Waals surface area contributed by atoms with Crippen molar-refractivity contribution in [3.8, 4) is 6.07 Å². The topological polar surface area (TPSA) is 69.3 Å². The maximum atomic E-state index is 13.0. The van der Waals surface area contributed by atoms with Crippen LogP contribution in [0.25, 0.3) is 6.08 Å². The molecule has 2 aliphatic heterocycles. The summed E-state index contributed by atoms with van der Waals surface area (Å²) in [4.78, 5) is 30.2. The second-order valence-electron chi connectivity index (χ2n) is 7.28. The maximum Gasteiger partial charge on any atom is 0.270 e. The summed E-state index contributed by atoms with van der Waals surface area (Å²) in [7, 11) is 0. The Bertz CT molecular complexity index is 968. The summed E-state index contributed by atoms with van der Waals surface area (Å²) in [5.41, 5.74) is 1.29. The molecule has 2 aliphatic rings. The Morgan fingerprint density at radius 2 is 1.90 bits per heavy atom. The second-order valence-corrected chi connectivity index (χ2v) is 8.96. The summed E-state index contributed by atoms with van der Waals surface area (Å²) in [5.74, 6) is 0.716. The van der Waals surface area contributed by atoms with E-state index >= 15 is 0 Å². The van der Waals surface area contributed by atoms with Crippen molar-refractivity contribution >= 4 is 46.1 Å². The SMILES string of the molecule is CCCN1C(=O)/C(=C/c2c(C)c(C#N)c(=O)n(CC)c2N2CCCCC2)SC1=S. The van der Waals surface area contributed by atoms with Crippen molar-refractivity contribution < 1.29 is 4.79 Å². The Balaban J connectivity index is 2.22. The zero-order valence-corrected chi connectivity index (χ0v) is 18.8. The monoisotopic (exact) mass is 430 g/mol. The number of nitriles is 1. The van der Waals surface area contributed by atoms with Crippen LogP contribution in [-0.4, -0.2) is 39.3 Å². The van der Waals surface area contributed by atoms with E-state index in [0.29, 0.717) is 27.9 Å². The molecule has 8 heteroatoms. The lowest BCUT2D eigenvalue weighted by Gasteiger charge is -2.33. The van der Waals surface area contributed by atoms with E-state index in [1.165, 1.54) is 18.2 Å². The van der Waals surface area contributed by atoms with Crippen LogP contribution in [0.5, 0.6) is 0 Å². The summed E-state index contributed by atoms with van der Waals surface area (Å²) in [6.07, 6.45) is 5.97. The molecule has 0 bridgehead atoms. The molecule has 1 aromatic rings. The lowest BCUT2D eigenvalue weighted by molar-refractivity contribution is -0.122. The number of carbonyl (C=O) groups excluding carboxylic acids is 1. The summed E-state index contributed by atoms with van der Waals surface area (Å²) < 4.78 is 2.24. The summed E-state index contributed by atoms with van der Waals surface area (Å²) in [5, 5.41) is 9.61. The fourth-order valence-corrected chi connectivity index (χ4v) is 5.22. The summed E-state index contributed by atoms with van der Waals surface area (Å²) >= 11 is 6.69. The summed E-state index contributed by atoms with van der Waals surface area (Å²) in [6, 6.07) is 2.07. The number of rotatable bonds is 5. The van der Waals surface area contributed by atoms with E-state index in [9.17, 15) is 14.9 Å². The Kier molecular flexibility index (Phi) is 6.81. The van der Waals surface area contributed by atoms with Crippen molar-refractivity contribution in [2.45, 2.75) is 53.0 Å². The third kappa shape index (κ3) is 3.99. The van der Waals surface area contributed by atoms with Crippen LogP contribution in [0.15, 0.2) is 9.70 Å². The van der Waals surface area contributed by atoms with Crippen molar-refractivity contribution in [3.63, 3.8) is 0 Å². The molecule has 0 radical (unpaired) electrons. The molecule has 29 heavy (non-hydrogen) atoms. The highest BCUT2D eigenvalue weighted by atomic mass is 32.2. The van der Waals surface area contributed by atoms with E-state index in [1.54, 1.807) is 16.4 Å². The molecule has 2 fully saturated rings. The Labute approximate surface area is 181 Å². The average Bonchev–Trinajstić information content (AvgIpc) is 2.98. The fourth-order valence-electron chi connectivity index (χ4n) is 3.93. The normalized spacial score (nSPS) is 18.6. The number of hydrogen-bond donors (Lipinski definition) is 0. The van der Waals surface area contributed by atoms with Gasteiger partial charge in [0, 0.05) is 31.7 Å². The molecule has 0 N–H and O–H groups in total. The zero-order chi connectivity index (χ0) is 21.1. The number of piperidine rings is 1. The first-order chi connectivity index (χ1) is 13.9. The second kappa shape index (κ2) is 9.14. The van der Waals surface area contributed by atoms with E-state index in [1.807, 2.05) is 19.9 Å². The number of amides is 1. The molecule has 3 rings (SSSR count). The molecule has 2 saturated heterocycles. The van der Waals surface area contributed by atoms with Gasteiger partial charge in [0.25, 0.3) is 11.5 Å². The van der Waals surface area contributed by atoms with Crippen molar-refractivity contribution in [1.29, 1.82) is 5.26 Å². The first kappa shape index (κ1) is 21.6. The molecule has 0 aliphatic carbocycles. The van der Waals surface area contributed by atoms with Gasteiger partial charge in [-0.3, -0.25) is 19.1 Å². The van der Waals surface area contributed by atoms with E-state index < -0.39 is 0 Å². The molecule has 1 aromatic heterocycles. The standard InChI is InChI=1S/C21H26N4O2S2/c1-4-9-25-20(27)17(29-21(25)28)12-15-14(3)16(13-22)19(26)24(5-2)18(15)23-10-7-6-8-11-23/h12H,4-11H2,1-3H3/b17-12-. The largest absolute Gasteiger partial charge is 0.357 e. The van der Waals surface area contributed by atoms with Gasteiger partial charge in [0.1, 0.15) is 21.8 Å². The van der Waals surface area contributed by atoms with Gasteiger partial charge in [0.05, 0.1) is 4.91 Å². The first-order valence-electron chi connectivity index (χ1n) is 10.1. The Morgan fingerprint density at radius 1 is 1.21 bits per heavy atom. The van der Waals surface area contributed by atoms with Gasteiger partial charge < -0.3 is 4.90 Å². The van der Waals surface area contributed by atoms with E-state index in [2.05, 4.69) is 11.0 Å². The zero-order valence-electron chi connectivity index (χ0n) is 17.2. The number of hydrogen-bond acceptors (Lipinski definition) is 6. The highest BCUT2D eigenvalue weighted by Gasteiger charge is 2.32. The Hall–Kier alpha value is -2.11. The van der Waals surface area contributed by atoms with E-state index in [-0.39, 0.29) is 17.0 Å². The van der Waals surface area contributed by atoms with E-state index in [0.717, 1.165) is 43.7 Å². The number of thioether (sulfide) groups is 1. The van der Waals surface area contributed by atoms with Gasteiger partial charge >= 0.3 is 0 Å². The number of thiocarbonyl (C=S) groups is 1. The average molecular weight is 431 g/mol. The number of nitrogens with zero attached hydrogens (tertiary/aromatic N) is 4. The van der Waals surface area contributed by atoms with Crippen molar-refractivity contribution in [2.75, 3.05) is 24.5 Å². The van der Waals surface area contributed by atoms with Crippen LogP contribution < -0.4 is 10.5 Å². The third-order valence-electron chi connectivity index (χ3n) is 5.41. The maximum absolute atomic E-state index is 13.0. The van der Waals surface area contributed by atoms with Crippen LogP contribution in [-0.2, 0) is 11.3 Å². The van der Waals surface area contributed by atoms with Crippen LogP contribution in [0.3, 0.4) is 0 Å². The third-order valence-corrected chi connectivity index (χ3v) is 6.79. The predicted octanol–water partition coefficient (Wildman–Crippen LogP) is 3.65. The number of pyridine rings is 1. The van der Waals surface area contributed by atoms with Gasteiger partial charge in [-0.1, -0.05) is 30.9 Å². The fraction of sp³-hybridized carbons (Fsp3) is 0.524.